The molecule has 1 aliphatic rings. The number of benzene rings is 3. The summed E-state index contributed by atoms with van der Waals surface area (Å²) < 4.78 is 0. The number of carbonyl (C=O) groups is 2. The molecule has 2 amide bonds. The fourth-order valence-electron chi connectivity index (χ4n) is 5.37. The van der Waals surface area contributed by atoms with Gasteiger partial charge in [-0.05, 0) is 73.0 Å². The van der Waals surface area contributed by atoms with Crippen molar-refractivity contribution in [1.29, 1.82) is 0 Å². The third-order valence-electron chi connectivity index (χ3n) is 6.99. The molecule has 0 aliphatic carbocycles. The van der Waals surface area contributed by atoms with Crippen LogP contribution in [0.2, 0.25) is 0 Å². The number of nitrogens with zero attached hydrogens (tertiary/aromatic N) is 2. The van der Waals surface area contributed by atoms with Crippen LogP contribution in [0.1, 0.15) is 62.0 Å². The average molecular weight is 527 g/mol. The second-order valence-electron chi connectivity index (χ2n) is 11.4. The largest absolute Gasteiger partial charge is 0.397 e. The summed E-state index contributed by atoms with van der Waals surface area (Å²) >= 11 is 0. The number of aryl methyl sites for hydroxylation is 1. The third kappa shape index (κ3) is 7.27. The summed E-state index contributed by atoms with van der Waals surface area (Å²) in [6.07, 6.45) is 3.56. The smallest absolute Gasteiger partial charge is 0.257 e. The van der Waals surface area contributed by atoms with Gasteiger partial charge in [-0.1, -0.05) is 70.2 Å². The van der Waals surface area contributed by atoms with E-state index in [2.05, 4.69) is 50.0 Å². The van der Waals surface area contributed by atoms with Crippen molar-refractivity contribution in [1.82, 2.24) is 4.90 Å². The van der Waals surface area contributed by atoms with Gasteiger partial charge in [-0.15, -0.1) is 0 Å². The van der Waals surface area contributed by atoms with E-state index >= 15 is 0 Å². The molecular formula is C33H42N4O2. The van der Waals surface area contributed by atoms with Crippen molar-refractivity contribution in [3.05, 3.63) is 83.4 Å². The summed E-state index contributed by atoms with van der Waals surface area (Å²) in [5.41, 5.74) is 11.0. The number of fused-ring (bicyclic) bond motifs is 2. The van der Waals surface area contributed by atoms with Gasteiger partial charge in [0, 0.05) is 13.1 Å². The van der Waals surface area contributed by atoms with Crippen molar-refractivity contribution in [2.24, 2.45) is 11.8 Å². The van der Waals surface area contributed by atoms with Gasteiger partial charge < -0.3 is 16.0 Å². The van der Waals surface area contributed by atoms with Crippen LogP contribution in [-0.4, -0.2) is 36.3 Å². The molecule has 6 heteroatoms. The number of nitrogens with two attached hydrogens (primary N) is 1. The van der Waals surface area contributed by atoms with Gasteiger partial charge >= 0.3 is 0 Å². The Hall–Kier alpha value is -3.64. The summed E-state index contributed by atoms with van der Waals surface area (Å²) in [5.74, 6) is 0.953. The van der Waals surface area contributed by atoms with Crippen LogP contribution >= 0.6 is 0 Å². The van der Waals surface area contributed by atoms with E-state index in [1.165, 1.54) is 12.0 Å². The van der Waals surface area contributed by atoms with Crippen molar-refractivity contribution >= 4 is 34.6 Å². The average Bonchev–Trinajstić information content (AvgIpc) is 3.01. The number of anilines is 4. The molecule has 3 aromatic carbocycles. The Balaban J connectivity index is 1.42. The molecule has 1 aliphatic heterocycles. The van der Waals surface area contributed by atoms with E-state index < -0.39 is 0 Å². The quantitative estimate of drug-likeness (QED) is 0.216. The normalized spacial score (nSPS) is 12.9. The molecule has 0 saturated heterocycles. The number of hydrogen-bond donors (Lipinski definition) is 2. The number of amides is 2. The Morgan fingerprint density at radius 2 is 1.54 bits per heavy atom. The molecule has 0 bridgehead atoms. The number of unbranched alkanes of at least 4 members (excludes halogenated alkanes) is 1. The van der Waals surface area contributed by atoms with Crippen LogP contribution in [-0.2, 0) is 17.6 Å². The first-order chi connectivity index (χ1) is 18.7. The predicted molar refractivity (Wildman–Crippen MR) is 162 cm³/mol. The van der Waals surface area contributed by atoms with Crippen molar-refractivity contribution in [2.75, 3.05) is 35.6 Å². The monoisotopic (exact) mass is 526 g/mol. The Labute approximate surface area is 233 Å². The van der Waals surface area contributed by atoms with E-state index in [-0.39, 0.29) is 18.2 Å². The summed E-state index contributed by atoms with van der Waals surface area (Å²) in [6.45, 7) is 12.6. The van der Waals surface area contributed by atoms with Gasteiger partial charge in [0.05, 0.1) is 34.7 Å². The van der Waals surface area contributed by atoms with Gasteiger partial charge in [0.15, 0.2) is 0 Å². The van der Waals surface area contributed by atoms with Crippen LogP contribution in [0, 0.1) is 11.8 Å². The molecule has 1 heterocycles. The standard InChI is InChI=1S/C33H42N4O2/c1-23(2)21-36(22-24(3)4)19-8-7-10-25-15-17-26(18-16-25)20-31(38)37-30-14-6-5-13-29(30)35-33(39)27-11-9-12-28(34)32(27)37/h5-6,9,11-18,23-24H,7-8,10,19-22,34H2,1-4H3,(H,35,39). The molecule has 0 fully saturated rings. The topological polar surface area (TPSA) is 78.7 Å². The fourth-order valence-corrected chi connectivity index (χ4v) is 5.37. The molecule has 39 heavy (non-hydrogen) atoms. The van der Waals surface area contributed by atoms with Crippen LogP contribution in [0.15, 0.2) is 66.7 Å². The predicted octanol–water partition coefficient (Wildman–Crippen LogP) is 6.68. The zero-order valence-electron chi connectivity index (χ0n) is 23.7. The van der Waals surface area contributed by atoms with Crippen LogP contribution in [0.5, 0.6) is 0 Å². The molecular weight excluding hydrogens is 484 g/mol. The van der Waals surface area contributed by atoms with Crippen LogP contribution in [0.4, 0.5) is 22.7 Å². The summed E-state index contributed by atoms with van der Waals surface area (Å²) in [7, 11) is 0. The van der Waals surface area contributed by atoms with E-state index in [0.29, 0.717) is 40.1 Å². The molecule has 0 spiro atoms. The van der Waals surface area contributed by atoms with E-state index in [4.69, 9.17) is 5.73 Å². The van der Waals surface area contributed by atoms with Gasteiger partial charge in [-0.2, -0.15) is 0 Å². The second-order valence-corrected chi connectivity index (χ2v) is 11.4. The Bertz CT molecular complexity index is 1270. The maximum absolute atomic E-state index is 13.7. The van der Waals surface area contributed by atoms with E-state index in [9.17, 15) is 9.59 Å². The first-order valence-electron chi connectivity index (χ1n) is 14.1. The molecule has 0 unspecified atom stereocenters. The summed E-state index contributed by atoms with van der Waals surface area (Å²) in [6, 6.07) is 20.8. The molecule has 3 N–H and O–H groups in total. The molecule has 0 atom stereocenters. The molecule has 0 aromatic heterocycles. The van der Waals surface area contributed by atoms with E-state index in [1.54, 1.807) is 29.2 Å². The number of para-hydroxylation sites is 3. The molecule has 6 nitrogen and oxygen atoms in total. The van der Waals surface area contributed by atoms with Crippen molar-refractivity contribution in [3.63, 3.8) is 0 Å². The number of carbonyl (C=O) groups excluding carboxylic acids is 2. The maximum Gasteiger partial charge on any atom is 0.257 e. The highest BCUT2D eigenvalue weighted by Gasteiger charge is 2.30. The van der Waals surface area contributed by atoms with Gasteiger partial charge in [-0.3, -0.25) is 14.5 Å². The Kier molecular flexibility index (Phi) is 9.41. The van der Waals surface area contributed by atoms with Crippen LogP contribution in [0.25, 0.3) is 0 Å². The number of nitrogens with one attached hydrogen (secondary N) is 1. The highest BCUT2D eigenvalue weighted by Crippen LogP contribution is 2.41. The van der Waals surface area contributed by atoms with Gasteiger partial charge in [0.25, 0.3) is 5.91 Å². The second kappa shape index (κ2) is 12.9. The zero-order chi connectivity index (χ0) is 27.9. The lowest BCUT2D eigenvalue weighted by molar-refractivity contribution is -0.117. The Morgan fingerprint density at radius 3 is 2.23 bits per heavy atom. The fraction of sp³-hybridized carbons (Fsp3) is 0.394. The molecule has 3 aromatic rings. The van der Waals surface area contributed by atoms with Crippen molar-refractivity contribution in [2.45, 2.75) is 53.4 Å². The van der Waals surface area contributed by atoms with Gasteiger partial charge in [-0.25, -0.2) is 0 Å². The maximum atomic E-state index is 13.7. The summed E-state index contributed by atoms with van der Waals surface area (Å²) in [4.78, 5) is 30.8. The number of hydrogen-bond acceptors (Lipinski definition) is 4. The minimum atomic E-state index is -0.277. The number of nitrogen functional groups attached to an aromatic ring is 1. The SMILES string of the molecule is CC(C)CN(CCCCc1ccc(CC(=O)N2c3ccccc3NC(=O)c3cccc(N)c32)cc1)CC(C)C. The van der Waals surface area contributed by atoms with Crippen LogP contribution in [0.3, 0.4) is 0 Å². The summed E-state index contributed by atoms with van der Waals surface area (Å²) in [5, 5.41) is 2.92. The highest BCUT2D eigenvalue weighted by molar-refractivity contribution is 6.19. The highest BCUT2D eigenvalue weighted by atomic mass is 16.2. The lowest BCUT2D eigenvalue weighted by Crippen LogP contribution is -2.32. The minimum absolute atomic E-state index is 0.138. The minimum Gasteiger partial charge on any atom is -0.397 e. The molecule has 4 rings (SSSR count). The van der Waals surface area contributed by atoms with Gasteiger partial charge in [0.1, 0.15) is 0 Å². The van der Waals surface area contributed by atoms with Crippen molar-refractivity contribution < 1.29 is 9.59 Å². The third-order valence-corrected chi connectivity index (χ3v) is 6.99. The molecule has 206 valence electrons. The number of rotatable bonds is 11. The first-order valence-corrected chi connectivity index (χ1v) is 14.1. The van der Waals surface area contributed by atoms with E-state index in [1.807, 2.05) is 30.3 Å². The van der Waals surface area contributed by atoms with E-state index in [0.717, 1.165) is 38.0 Å². The van der Waals surface area contributed by atoms with Gasteiger partial charge in [0.2, 0.25) is 5.91 Å². The van der Waals surface area contributed by atoms with Crippen LogP contribution < -0.4 is 16.0 Å². The molecule has 0 radical (unpaired) electrons. The van der Waals surface area contributed by atoms with Crippen molar-refractivity contribution in [3.8, 4) is 0 Å². The Morgan fingerprint density at radius 1 is 0.872 bits per heavy atom. The lowest BCUT2D eigenvalue weighted by atomic mass is 10.0. The first kappa shape index (κ1) is 28.4. The molecule has 0 saturated carbocycles. The lowest BCUT2D eigenvalue weighted by Gasteiger charge is -2.26. The zero-order valence-corrected chi connectivity index (χ0v) is 23.7.